The van der Waals surface area contributed by atoms with Gasteiger partial charge in [0.05, 0.1) is 5.41 Å². The first-order valence-electron chi connectivity index (χ1n) is 19.4. The highest BCUT2D eigenvalue weighted by Crippen LogP contribution is 2.58. The van der Waals surface area contributed by atoms with E-state index in [-0.39, 0.29) is 0 Å². The van der Waals surface area contributed by atoms with Crippen LogP contribution in [0.2, 0.25) is 0 Å². The van der Waals surface area contributed by atoms with Crippen LogP contribution in [0, 0.1) is 0 Å². The van der Waals surface area contributed by atoms with Gasteiger partial charge in [0.25, 0.3) is 0 Å². The summed E-state index contributed by atoms with van der Waals surface area (Å²) in [7, 11) is 0. The average molecular weight is 711 g/mol. The molecular weight excluding hydrogens is 677 g/mol. The highest BCUT2D eigenvalue weighted by molar-refractivity contribution is 6.11. The molecule has 10 aromatic carbocycles. The molecule has 10 aromatic rings. The van der Waals surface area contributed by atoms with Crippen LogP contribution in [0.5, 0.6) is 11.5 Å². The van der Waals surface area contributed by atoms with E-state index in [0.717, 1.165) is 22.4 Å². The molecule has 1 aliphatic carbocycles. The summed E-state index contributed by atoms with van der Waals surface area (Å²) in [4.78, 5) is 0. The van der Waals surface area contributed by atoms with Crippen LogP contribution in [0.15, 0.2) is 206 Å². The molecule has 56 heavy (non-hydrogen) atoms. The van der Waals surface area contributed by atoms with E-state index in [1.54, 1.807) is 0 Å². The summed E-state index contributed by atoms with van der Waals surface area (Å²) in [5.74, 6) is 1.81. The molecule has 0 unspecified atom stereocenters. The molecule has 0 N–H and O–H groups in total. The Morgan fingerprint density at radius 1 is 0.304 bits per heavy atom. The first-order valence-corrected chi connectivity index (χ1v) is 19.4. The number of rotatable bonds is 4. The molecule has 0 bridgehead atoms. The van der Waals surface area contributed by atoms with Crippen molar-refractivity contribution < 1.29 is 4.74 Å². The van der Waals surface area contributed by atoms with Crippen LogP contribution in [0.25, 0.3) is 76.8 Å². The molecule has 0 radical (unpaired) electrons. The van der Waals surface area contributed by atoms with E-state index in [1.165, 1.54) is 88.1 Å². The second-order valence-corrected chi connectivity index (χ2v) is 15.1. The number of para-hydroxylation sites is 1. The zero-order chi connectivity index (χ0) is 36.8. The maximum Gasteiger partial charge on any atom is 0.135 e. The van der Waals surface area contributed by atoms with Gasteiger partial charge in [0.1, 0.15) is 11.5 Å². The Bertz CT molecular complexity index is 3170. The van der Waals surface area contributed by atoms with E-state index < -0.39 is 5.41 Å². The van der Waals surface area contributed by atoms with Gasteiger partial charge in [-0.25, -0.2) is 0 Å². The van der Waals surface area contributed by atoms with Gasteiger partial charge in [-0.2, -0.15) is 0 Å². The Kier molecular flexibility index (Phi) is 6.62. The maximum atomic E-state index is 6.51. The summed E-state index contributed by atoms with van der Waals surface area (Å²) < 4.78 is 6.51. The van der Waals surface area contributed by atoms with Gasteiger partial charge >= 0.3 is 0 Å². The zero-order valence-corrected chi connectivity index (χ0v) is 30.5. The lowest BCUT2D eigenvalue weighted by molar-refractivity contribution is 0.487. The van der Waals surface area contributed by atoms with Gasteiger partial charge in [-0.05, 0) is 118 Å². The normalized spacial score (nSPS) is 13.3. The van der Waals surface area contributed by atoms with Gasteiger partial charge in [-0.15, -0.1) is 0 Å². The van der Waals surface area contributed by atoms with Gasteiger partial charge in [0.2, 0.25) is 0 Å². The fraction of sp³-hybridized carbons (Fsp3) is 0.0182. The van der Waals surface area contributed by atoms with Crippen LogP contribution < -0.4 is 4.74 Å². The van der Waals surface area contributed by atoms with Crippen LogP contribution in [0.4, 0.5) is 0 Å². The lowest BCUT2D eigenvalue weighted by Gasteiger charge is -2.34. The Morgan fingerprint density at radius 2 is 0.893 bits per heavy atom. The topological polar surface area (TPSA) is 9.23 Å². The molecule has 0 aromatic heterocycles. The fourth-order valence-electron chi connectivity index (χ4n) is 9.95. The predicted molar refractivity (Wildman–Crippen MR) is 233 cm³/mol. The number of hydrogen-bond acceptors (Lipinski definition) is 1. The summed E-state index contributed by atoms with van der Waals surface area (Å²) in [6.07, 6.45) is 0. The Balaban J connectivity index is 1.15. The van der Waals surface area contributed by atoms with Crippen molar-refractivity contribution in [3.05, 3.63) is 229 Å². The van der Waals surface area contributed by atoms with Crippen molar-refractivity contribution in [1.82, 2.24) is 0 Å². The summed E-state index contributed by atoms with van der Waals surface area (Å²) in [6.45, 7) is 0. The number of benzene rings is 10. The lowest BCUT2D eigenvalue weighted by atomic mass is 9.67. The van der Waals surface area contributed by atoms with Gasteiger partial charge in [-0.3, -0.25) is 0 Å². The highest BCUT2D eigenvalue weighted by Gasteiger charge is 2.46. The summed E-state index contributed by atoms with van der Waals surface area (Å²) in [5.41, 5.74) is 14.4. The van der Waals surface area contributed by atoms with E-state index in [9.17, 15) is 0 Å². The van der Waals surface area contributed by atoms with Crippen LogP contribution in [0.3, 0.4) is 0 Å². The molecule has 1 nitrogen and oxygen atoms in total. The number of ether oxygens (including phenoxy) is 1. The molecule has 12 rings (SSSR count). The lowest BCUT2D eigenvalue weighted by Crippen LogP contribution is -2.28. The van der Waals surface area contributed by atoms with E-state index in [0.29, 0.717) is 0 Å². The smallest absolute Gasteiger partial charge is 0.135 e. The minimum Gasteiger partial charge on any atom is -0.456 e. The van der Waals surface area contributed by atoms with Gasteiger partial charge in [0, 0.05) is 10.9 Å². The van der Waals surface area contributed by atoms with Crippen molar-refractivity contribution in [2.24, 2.45) is 0 Å². The van der Waals surface area contributed by atoms with Crippen molar-refractivity contribution >= 4 is 32.3 Å². The highest BCUT2D eigenvalue weighted by atomic mass is 16.5. The van der Waals surface area contributed by atoms with Crippen molar-refractivity contribution in [1.29, 1.82) is 0 Å². The molecule has 0 atom stereocenters. The number of hydrogen-bond donors (Lipinski definition) is 0. The number of fused-ring (bicyclic) bond motifs is 7. The Morgan fingerprint density at radius 3 is 1.71 bits per heavy atom. The standard InChI is InChI=1S/C55H34O/c1-3-17-38(18-4-1)55(39-19-5-2-6-20-39)50-33-37(41-30-31-53-54-46(41)25-13-26-47(54)45-22-9-10-27-52(45)56-53)28-29-44(50)49-34-48-36(32-51(49)55)16-12-24-43(48)42-23-11-15-35-14-7-8-21-40(35)42/h1-34H. The van der Waals surface area contributed by atoms with Crippen molar-refractivity contribution in [3.8, 4) is 56.0 Å². The summed E-state index contributed by atoms with van der Waals surface area (Å²) >= 11 is 0. The SMILES string of the molecule is c1ccc(C2(c3ccccc3)c3cc(-c4ccc5c6c(cccc46)-c4ccccc4O5)ccc3-c3cc4c(-c5cccc6ccccc56)cccc4cc32)cc1. The molecular formula is C55H34O. The molecule has 1 heterocycles. The third-order valence-corrected chi connectivity index (χ3v) is 12.3. The monoisotopic (exact) mass is 710 g/mol. The minimum absolute atomic E-state index is 0.540. The molecule has 0 fully saturated rings. The Labute approximate surface area is 325 Å². The van der Waals surface area contributed by atoms with Crippen LogP contribution in [-0.4, -0.2) is 0 Å². The maximum absolute atomic E-state index is 6.51. The van der Waals surface area contributed by atoms with E-state index in [2.05, 4.69) is 200 Å². The fourth-order valence-corrected chi connectivity index (χ4v) is 9.95. The third-order valence-electron chi connectivity index (χ3n) is 12.3. The second-order valence-electron chi connectivity index (χ2n) is 15.1. The quantitative estimate of drug-likeness (QED) is 0.177. The van der Waals surface area contributed by atoms with Crippen molar-refractivity contribution in [3.63, 3.8) is 0 Å². The van der Waals surface area contributed by atoms with E-state index in [1.807, 2.05) is 6.07 Å². The molecule has 2 aliphatic rings. The van der Waals surface area contributed by atoms with Crippen LogP contribution in [-0.2, 0) is 5.41 Å². The second kappa shape index (κ2) is 11.9. The molecule has 1 heteroatoms. The molecule has 260 valence electrons. The predicted octanol–water partition coefficient (Wildman–Crippen LogP) is 14.6. The van der Waals surface area contributed by atoms with Crippen LogP contribution in [0.1, 0.15) is 22.3 Å². The Hall–Kier alpha value is -7.22. The van der Waals surface area contributed by atoms with Crippen LogP contribution >= 0.6 is 0 Å². The van der Waals surface area contributed by atoms with E-state index >= 15 is 0 Å². The summed E-state index contributed by atoms with van der Waals surface area (Å²) in [6, 6.07) is 76.0. The third kappa shape index (κ3) is 4.31. The van der Waals surface area contributed by atoms with Gasteiger partial charge in [0.15, 0.2) is 0 Å². The van der Waals surface area contributed by atoms with Crippen molar-refractivity contribution in [2.75, 3.05) is 0 Å². The molecule has 1 aliphatic heterocycles. The minimum atomic E-state index is -0.540. The van der Waals surface area contributed by atoms with Gasteiger partial charge in [-0.1, -0.05) is 176 Å². The zero-order valence-electron chi connectivity index (χ0n) is 30.5. The first kappa shape index (κ1) is 31.2. The molecule has 0 amide bonds. The largest absolute Gasteiger partial charge is 0.456 e. The first-order chi connectivity index (χ1) is 27.8. The van der Waals surface area contributed by atoms with E-state index in [4.69, 9.17) is 4.74 Å². The summed E-state index contributed by atoms with van der Waals surface area (Å²) in [5, 5.41) is 7.38. The molecule has 0 spiro atoms. The molecule has 0 saturated carbocycles. The molecule has 0 saturated heterocycles. The van der Waals surface area contributed by atoms with Gasteiger partial charge < -0.3 is 4.74 Å². The van der Waals surface area contributed by atoms with Crippen molar-refractivity contribution in [2.45, 2.75) is 5.41 Å². The average Bonchev–Trinajstić information content (AvgIpc) is 3.55.